The maximum atomic E-state index is 12.1. The van der Waals surface area contributed by atoms with Gasteiger partial charge in [0.25, 0.3) is 5.91 Å². The highest BCUT2D eigenvalue weighted by Crippen LogP contribution is 2.18. The van der Waals surface area contributed by atoms with Gasteiger partial charge in [-0.3, -0.25) is 9.59 Å². The van der Waals surface area contributed by atoms with E-state index >= 15 is 0 Å². The van der Waals surface area contributed by atoms with Crippen molar-refractivity contribution in [2.75, 3.05) is 17.7 Å². The van der Waals surface area contributed by atoms with Gasteiger partial charge in [0.1, 0.15) is 5.75 Å². The number of rotatable bonds is 5. The van der Waals surface area contributed by atoms with Gasteiger partial charge in [-0.15, -0.1) is 0 Å². The molecule has 2 aromatic carbocycles. The Morgan fingerprint density at radius 2 is 1.85 bits per heavy atom. The second kappa shape index (κ2) is 6.38. The molecule has 0 saturated heterocycles. The molecular weight excluding hydrogens is 256 g/mol. The quantitative estimate of drug-likeness (QED) is 0.820. The Kier molecular flexibility index (Phi) is 4.34. The van der Waals surface area contributed by atoms with Crippen molar-refractivity contribution in [1.82, 2.24) is 0 Å². The van der Waals surface area contributed by atoms with E-state index in [-0.39, 0.29) is 5.91 Å². The number of benzene rings is 2. The lowest BCUT2D eigenvalue weighted by molar-refractivity contribution is -0.105. The van der Waals surface area contributed by atoms with Crippen molar-refractivity contribution in [1.29, 1.82) is 0 Å². The molecule has 0 aromatic heterocycles. The fourth-order valence-electron chi connectivity index (χ4n) is 1.72. The SMILES string of the molecule is COc1cccc(NC(=O)c2cccc(NC=O)c2)c1. The lowest BCUT2D eigenvalue weighted by atomic mass is 10.2. The van der Waals surface area contributed by atoms with E-state index < -0.39 is 0 Å². The van der Waals surface area contributed by atoms with Crippen molar-refractivity contribution in [3.05, 3.63) is 54.1 Å². The number of methoxy groups -OCH3 is 1. The molecule has 0 aliphatic heterocycles. The number of amides is 2. The van der Waals surface area contributed by atoms with Gasteiger partial charge in [-0.25, -0.2) is 0 Å². The summed E-state index contributed by atoms with van der Waals surface area (Å²) in [6.45, 7) is 0. The standard InChI is InChI=1S/C15H14N2O3/c1-20-14-7-3-6-13(9-14)17-15(19)11-4-2-5-12(8-11)16-10-18/h2-10H,1H3,(H,16,18)(H,17,19). The number of ether oxygens (including phenoxy) is 1. The van der Waals surface area contributed by atoms with Crippen molar-refractivity contribution in [3.63, 3.8) is 0 Å². The normalized spacial score (nSPS) is 9.65. The first kappa shape index (κ1) is 13.6. The molecule has 0 radical (unpaired) electrons. The van der Waals surface area contributed by atoms with Crippen LogP contribution < -0.4 is 15.4 Å². The number of hydrogen-bond acceptors (Lipinski definition) is 3. The summed E-state index contributed by atoms with van der Waals surface area (Å²) < 4.78 is 5.09. The molecular formula is C15H14N2O3. The molecule has 5 nitrogen and oxygen atoms in total. The minimum Gasteiger partial charge on any atom is -0.497 e. The lowest BCUT2D eigenvalue weighted by Crippen LogP contribution is -2.12. The zero-order valence-electron chi connectivity index (χ0n) is 10.9. The molecule has 0 aliphatic carbocycles. The highest BCUT2D eigenvalue weighted by Gasteiger charge is 2.07. The predicted molar refractivity (Wildman–Crippen MR) is 77.1 cm³/mol. The first-order valence-corrected chi connectivity index (χ1v) is 5.98. The minimum atomic E-state index is -0.257. The van der Waals surface area contributed by atoms with Crippen LogP contribution in [0.4, 0.5) is 11.4 Å². The largest absolute Gasteiger partial charge is 0.497 e. The van der Waals surface area contributed by atoms with E-state index in [1.807, 2.05) is 0 Å². The highest BCUT2D eigenvalue weighted by atomic mass is 16.5. The fourth-order valence-corrected chi connectivity index (χ4v) is 1.72. The summed E-state index contributed by atoms with van der Waals surface area (Å²) >= 11 is 0. The van der Waals surface area contributed by atoms with Crippen LogP contribution in [0.1, 0.15) is 10.4 Å². The predicted octanol–water partition coefficient (Wildman–Crippen LogP) is 2.52. The molecule has 5 heteroatoms. The first-order chi connectivity index (χ1) is 9.72. The van der Waals surface area contributed by atoms with E-state index in [0.717, 1.165) is 0 Å². The van der Waals surface area contributed by atoms with Crippen LogP contribution in [0.2, 0.25) is 0 Å². The van der Waals surface area contributed by atoms with Crippen molar-refractivity contribution < 1.29 is 14.3 Å². The van der Waals surface area contributed by atoms with Gasteiger partial charge in [0.2, 0.25) is 6.41 Å². The van der Waals surface area contributed by atoms with Gasteiger partial charge in [0.15, 0.2) is 0 Å². The molecule has 0 aliphatic rings. The van der Waals surface area contributed by atoms with Gasteiger partial charge in [0.05, 0.1) is 7.11 Å². The van der Waals surface area contributed by atoms with Crippen molar-refractivity contribution in [2.24, 2.45) is 0 Å². The Balaban J connectivity index is 2.14. The van der Waals surface area contributed by atoms with Gasteiger partial charge in [-0.2, -0.15) is 0 Å². The van der Waals surface area contributed by atoms with Crippen LogP contribution >= 0.6 is 0 Å². The highest BCUT2D eigenvalue weighted by molar-refractivity contribution is 6.05. The molecule has 2 N–H and O–H groups in total. The zero-order chi connectivity index (χ0) is 14.4. The number of hydrogen-bond donors (Lipinski definition) is 2. The Morgan fingerprint density at radius 1 is 1.10 bits per heavy atom. The Morgan fingerprint density at radius 3 is 2.60 bits per heavy atom. The Bertz CT molecular complexity index is 626. The second-order valence-electron chi connectivity index (χ2n) is 4.03. The fraction of sp³-hybridized carbons (Fsp3) is 0.0667. The smallest absolute Gasteiger partial charge is 0.255 e. The number of carbonyl (C=O) groups is 2. The summed E-state index contributed by atoms with van der Waals surface area (Å²) in [7, 11) is 1.56. The van der Waals surface area contributed by atoms with Crippen LogP contribution in [-0.4, -0.2) is 19.4 Å². The Hall–Kier alpha value is -2.82. The molecule has 2 rings (SSSR count). The summed E-state index contributed by atoms with van der Waals surface area (Å²) in [5.41, 5.74) is 1.67. The van der Waals surface area contributed by atoms with Crippen molar-refractivity contribution in [2.45, 2.75) is 0 Å². The summed E-state index contributed by atoms with van der Waals surface area (Å²) in [4.78, 5) is 22.5. The van der Waals surface area contributed by atoms with Crippen LogP contribution in [0.3, 0.4) is 0 Å². The molecule has 0 spiro atoms. The molecule has 0 heterocycles. The van der Waals surface area contributed by atoms with Gasteiger partial charge in [-0.1, -0.05) is 12.1 Å². The molecule has 0 saturated carbocycles. The molecule has 2 amide bonds. The maximum Gasteiger partial charge on any atom is 0.255 e. The second-order valence-corrected chi connectivity index (χ2v) is 4.03. The number of nitrogens with one attached hydrogen (secondary N) is 2. The van der Waals surface area contributed by atoms with Gasteiger partial charge < -0.3 is 15.4 Å². The van der Waals surface area contributed by atoms with Crippen LogP contribution in [0.5, 0.6) is 5.75 Å². The molecule has 20 heavy (non-hydrogen) atoms. The summed E-state index contributed by atoms with van der Waals surface area (Å²) in [6, 6.07) is 13.8. The third-order valence-electron chi connectivity index (χ3n) is 2.68. The van der Waals surface area contributed by atoms with Crippen LogP contribution in [0.25, 0.3) is 0 Å². The van der Waals surface area contributed by atoms with Crippen LogP contribution in [0, 0.1) is 0 Å². The molecule has 0 fully saturated rings. The number of anilines is 2. The molecule has 0 atom stereocenters. The zero-order valence-corrected chi connectivity index (χ0v) is 10.9. The molecule has 2 aromatic rings. The summed E-state index contributed by atoms with van der Waals surface area (Å²) in [5, 5.41) is 5.27. The van der Waals surface area contributed by atoms with E-state index in [2.05, 4.69) is 10.6 Å². The van der Waals surface area contributed by atoms with Crippen LogP contribution in [0.15, 0.2) is 48.5 Å². The van der Waals surface area contributed by atoms with Gasteiger partial charge in [-0.05, 0) is 30.3 Å². The monoisotopic (exact) mass is 270 g/mol. The van der Waals surface area contributed by atoms with Crippen molar-refractivity contribution in [3.8, 4) is 5.75 Å². The Labute approximate surface area is 116 Å². The minimum absolute atomic E-state index is 0.257. The molecule has 0 unspecified atom stereocenters. The summed E-state index contributed by atoms with van der Waals surface area (Å²) in [5.74, 6) is 0.409. The van der Waals surface area contributed by atoms with E-state index in [1.165, 1.54) is 0 Å². The third kappa shape index (κ3) is 3.35. The molecule has 0 bridgehead atoms. The van der Waals surface area contributed by atoms with E-state index in [0.29, 0.717) is 29.1 Å². The van der Waals surface area contributed by atoms with Crippen LogP contribution in [-0.2, 0) is 4.79 Å². The van der Waals surface area contributed by atoms with Gasteiger partial charge >= 0.3 is 0 Å². The average Bonchev–Trinajstić information content (AvgIpc) is 2.48. The molecule has 102 valence electrons. The van der Waals surface area contributed by atoms with E-state index in [4.69, 9.17) is 4.74 Å². The summed E-state index contributed by atoms with van der Waals surface area (Å²) in [6.07, 6.45) is 0.569. The third-order valence-corrected chi connectivity index (χ3v) is 2.68. The lowest BCUT2D eigenvalue weighted by Gasteiger charge is -2.08. The topological polar surface area (TPSA) is 67.4 Å². The number of carbonyl (C=O) groups excluding carboxylic acids is 2. The van der Waals surface area contributed by atoms with E-state index in [9.17, 15) is 9.59 Å². The van der Waals surface area contributed by atoms with Gasteiger partial charge in [0, 0.05) is 23.0 Å². The average molecular weight is 270 g/mol. The maximum absolute atomic E-state index is 12.1. The van der Waals surface area contributed by atoms with Crippen molar-refractivity contribution >= 4 is 23.7 Å². The first-order valence-electron chi connectivity index (χ1n) is 5.98. The van der Waals surface area contributed by atoms with E-state index in [1.54, 1.807) is 55.6 Å².